The molecule has 3 aliphatic rings. The van der Waals surface area contributed by atoms with Gasteiger partial charge in [-0.3, -0.25) is 29.5 Å². The number of aromatic hydroxyl groups is 2. The molecule has 0 saturated carbocycles. The monoisotopic (exact) mass is 769 g/mol. The van der Waals surface area contributed by atoms with Crippen LogP contribution in [0.15, 0.2) is 22.7 Å². The SMILES string of the molecule is CC(C)(O/N=C(\C(=O)NC1C(=O)N2C[C@@](C(=O)O)(N3CCN(NC(=O)CNC(=O)c4ccc(O)c(O)c4Cl)C3=O)S[C@H]12)c1csc(N)n1)C(=O)O. The largest absolute Gasteiger partial charge is 0.504 e. The van der Waals surface area contributed by atoms with Crippen molar-refractivity contribution in [2.75, 3.05) is 31.9 Å². The van der Waals surface area contributed by atoms with E-state index in [1.165, 1.54) is 19.2 Å². The third-order valence-electron chi connectivity index (χ3n) is 7.78. The fraction of sp³-hybridized carbons (Fsp3) is 0.370. The minimum atomic E-state index is -2.03. The summed E-state index contributed by atoms with van der Waals surface area (Å²) in [6.45, 7) is 0.871. The lowest BCUT2D eigenvalue weighted by molar-refractivity contribution is -0.161. The molecule has 21 nitrogen and oxygen atoms in total. The molecule has 3 aliphatic heterocycles. The Morgan fingerprint density at radius 3 is 2.51 bits per heavy atom. The molecule has 9 N–H and O–H groups in total. The Kier molecular flexibility index (Phi) is 9.82. The Morgan fingerprint density at radius 2 is 1.88 bits per heavy atom. The zero-order valence-corrected chi connectivity index (χ0v) is 28.7. The number of phenolic OH excluding ortho intramolecular Hbond substituents is 2. The number of fused-ring (bicyclic) bond motifs is 1. The fourth-order valence-electron chi connectivity index (χ4n) is 4.97. The lowest BCUT2D eigenvalue weighted by Crippen LogP contribution is -2.68. The number of hydrogen-bond donors (Lipinski definition) is 8. The van der Waals surface area contributed by atoms with Crippen molar-refractivity contribution < 1.29 is 58.8 Å². The second-order valence-corrected chi connectivity index (χ2v) is 14.2. The summed E-state index contributed by atoms with van der Waals surface area (Å²) in [5.41, 5.74) is 5.27. The van der Waals surface area contributed by atoms with Crippen LogP contribution in [-0.4, -0.2) is 136 Å². The molecule has 51 heavy (non-hydrogen) atoms. The zero-order valence-electron chi connectivity index (χ0n) is 26.3. The highest BCUT2D eigenvalue weighted by atomic mass is 35.5. The molecule has 4 heterocycles. The first-order valence-corrected chi connectivity index (χ1v) is 16.6. The van der Waals surface area contributed by atoms with Crippen LogP contribution in [0.4, 0.5) is 9.93 Å². The normalized spacial score (nSPS) is 21.5. The summed E-state index contributed by atoms with van der Waals surface area (Å²) in [5, 5.41) is 48.1. The number of carboxylic acid groups (broad SMARTS) is 2. The van der Waals surface area contributed by atoms with Gasteiger partial charge in [0.25, 0.3) is 17.7 Å². The van der Waals surface area contributed by atoms with E-state index in [-0.39, 0.29) is 29.5 Å². The predicted molar refractivity (Wildman–Crippen MR) is 175 cm³/mol. The van der Waals surface area contributed by atoms with Gasteiger partial charge in [-0.05, 0) is 26.0 Å². The molecule has 5 rings (SSSR count). The number of thioether (sulfide) groups is 1. The number of halogens is 1. The van der Waals surface area contributed by atoms with Crippen LogP contribution in [-0.2, 0) is 28.8 Å². The third-order valence-corrected chi connectivity index (χ3v) is 10.5. The van der Waals surface area contributed by atoms with Gasteiger partial charge in [-0.15, -0.1) is 11.3 Å². The molecule has 1 aromatic carbocycles. The van der Waals surface area contributed by atoms with E-state index in [1.807, 2.05) is 0 Å². The van der Waals surface area contributed by atoms with Crippen molar-refractivity contribution in [1.29, 1.82) is 0 Å². The first-order chi connectivity index (χ1) is 23.9. The molecular weight excluding hydrogens is 742 g/mol. The number of nitrogens with zero attached hydrogens (tertiary/aromatic N) is 5. The van der Waals surface area contributed by atoms with Gasteiger partial charge in [0.05, 0.1) is 30.2 Å². The predicted octanol–water partition coefficient (Wildman–Crippen LogP) is -1.25. The third kappa shape index (κ3) is 6.81. The maximum Gasteiger partial charge on any atom is 0.350 e. The van der Waals surface area contributed by atoms with Crippen molar-refractivity contribution in [3.05, 3.63) is 33.8 Å². The smallest absolute Gasteiger partial charge is 0.350 e. The van der Waals surface area contributed by atoms with Crippen LogP contribution < -0.4 is 21.8 Å². The first kappa shape index (κ1) is 36.7. The van der Waals surface area contributed by atoms with Crippen LogP contribution >= 0.6 is 34.7 Å². The standard InChI is InChI=1S/C27H28ClN9O12S2/c1-26(2,22(44)45)49-34-15(11-8-50-24(29)31-11)19(42)32-16-20(43)35-9-27(23(46)47,51-21(16)35)36-5-6-37(25(36)48)33-13(39)7-30-18(41)10-3-4-12(38)17(40)14(10)28/h3-4,8,16,21,38,40H,5-7,9H2,1-2H3,(H2,29,31)(H,30,41)(H,32,42)(H,33,39)(H,44,45)(H,46,47)/b34-15-/t16?,21-,27-/m1/s1. The highest BCUT2D eigenvalue weighted by molar-refractivity contribution is 8.02. The molecule has 1 aromatic heterocycles. The van der Waals surface area contributed by atoms with E-state index in [0.29, 0.717) is 11.8 Å². The average Bonchev–Trinajstić information content (AvgIpc) is 3.77. The van der Waals surface area contributed by atoms with Crippen LogP contribution in [0, 0.1) is 0 Å². The van der Waals surface area contributed by atoms with Crippen LogP contribution in [0.3, 0.4) is 0 Å². The molecule has 3 saturated heterocycles. The summed E-state index contributed by atoms with van der Waals surface area (Å²) in [6, 6.07) is -0.0913. The van der Waals surface area contributed by atoms with Crippen LogP contribution in [0.25, 0.3) is 0 Å². The Balaban J connectivity index is 1.24. The van der Waals surface area contributed by atoms with Crippen LogP contribution in [0.1, 0.15) is 29.9 Å². The quantitative estimate of drug-likeness (QED) is 0.0542. The van der Waals surface area contributed by atoms with Gasteiger partial charge >= 0.3 is 18.0 Å². The van der Waals surface area contributed by atoms with Crippen molar-refractivity contribution in [3.63, 3.8) is 0 Å². The molecular formula is C27H28ClN9O12S2. The number of aromatic nitrogens is 1. The van der Waals surface area contributed by atoms with E-state index >= 15 is 0 Å². The number of rotatable bonds is 12. The van der Waals surface area contributed by atoms with Crippen LogP contribution in [0.2, 0.25) is 5.02 Å². The van der Waals surface area contributed by atoms with Crippen molar-refractivity contribution in [1.82, 2.24) is 35.9 Å². The number of amides is 6. The number of hydrazine groups is 1. The van der Waals surface area contributed by atoms with Gasteiger partial charge in [0.15, 0.2) is 22.3 Å². The molecule has 3 atom stereocenters. The summed E-state index contributed by atoms with van der Waals surface area (Å²) in [4.78, 5) is 98.2. The fourth-order valence-corrected chi connectivity index (χ4v) is 7.40. The Labute approximate surface area is 299 Å². The van der Waals surface area contributed by atoms with Crippen LogP contribution in [0.5, 0.6) is 11.5 Å². The topological polar surface area (TPSA) is 307 Å². The number of hydrogen-bond acceptors (Lipinski definition) is 15. The lowest BCUT2D eigenvalue weighted by atomic mass is 10.1. The van der Waals surface area contributed by atoms with E-state index in [4.69, 9.17) is 22.2 Å². The second kappa shape index (κ2) is 13.6. The second-order valence-electron chi connectivity index (χ2n) is 11.5. The van der Waals surface area contributed by atoms with Gasteiger partial charge in [-0.2, -0.15) is 0 Å². The highest BCUT2D eigenvalue weighted by Crippen LogP contribution is 2.49. The number of carboxylic acids is 2. The molecule has 0 spiro atoms. The molecule has 1 unspecified atom stereocenters. The Morgan fingerprint density at radius 1 is 1.18 bits per heavy atom. The minimum Gasteiger partial charge on any atom is -0.504 e. The molecule has 0 aliphatic carbocycles. The maximum atomic E-state index is 13.4. The zero-order chi connectivity index (χ0) is 37.6. The van der Waals surface area contributed by atoms with Gasteiger partial charge in [0.2, 0.25) is 16.4 Å². The number of carbonyl (C=O) groups is 7. The minimum absolute atomic E-state index is 0.0527. The summed E-state index contributed by atoms with van der Waals surface area (Å²) < 4.78 is 0. The van der Waals surface area contributed by atoms with Crippen molar-refractivity contribution in [2.24, 2.45) is 5.16 Å². The number of β-lactam (4-membered cyclic amide) rings is 1. The van der Waals surface area contributed by atoms with Gasteiger partial charge < -0.3 is 46.5 Å². The lowest BCUT2D eigenvalue weighted by Gasteiger charge is -2.41. The van der Waals surface area contributed by atoms with E-state index in [0.717, 1.165) is 38.3 Å². The molecule has 2 aromatic rings. The first-order valence-electron chi connectivity index (χ1n) is 14.5. The van der Waals surface area contributed by atoms with Gasteiger partial charge in [-0.25, -0.2) is 24.4 Å². The average molecular weight is 770 g/mol. The Hall–Kier alpha value is -5.55. The molecule has 0 bridgehead atoms. The number of oxime groups is 1. The number of urea groups is 1. The molecule has 24 heteroatoms. The summed E-state index contributed by atoms with van der Waals surface area (Å²) in [5.74, 6) is -7.61. The number of phenols is 2. The number of carbonyl (C=O) groups excluding carboxylic acids is 5. The molecule has 0 radical (unpaired) electrons. The number of thiazole rings is 1. The number of nitrogen functional groups attached to an aromatic ring is 1. The number of anilines is 1. The Bertz CT molecular complexity index is 1890. The maximum absolute atomic E-state index is 13.4. The number of benzene rings is 1. The highest BCUT2D eigenvalue weighted by Gasteiger charge is 2.66. The van der Waals surface area contributed by atoms with Gasteiger partial charge in [-0.1, -0.05) is 28.5 Å². The molecule has 6 amide bonds. The van der Waals surface area contributed by atoms with E-state index in [1.54, 1.807) is 0 Å². The van der Waals surface area contributed by atoms with Crippen molar-refractivity contribution in [2.45, 2.75) is 35.7 Å². The molecule has 272 valence electrons. The summed E-state index contributed by atoms with van der Waals surface area (Å²) >= 11 is 7.53. The summed E-state index contributed by atoms with van der Waals surface area (Å²) in [7, 11) is 0. The number of nitrogens with two attached hydrogens (primary N) is 1. The summed E-state index contributed by atoms with van der Waals surface area (Å²) in [6.07, 6.45) is 0. The van der Waals surface area contributed by atoms with Gasteiger partial charge in [0, 0.05) is 11.9 Å². The van der Waals surface area contributed by atoms with Gasteiger partial charge in [0.1, 0.15) is 17.1 Å². The van der Waals surface area contributed by atoms with E-state index in [9.17, 15) is 54.0 Å². The number of nitrogens with one attached hydrogen (secondary N) is 3. The van der Waals surface area contributed by atoms with Crippen molar-refractivity contribution >= 4 is 87.1 Å². The number of aliphatic carboxylic acids is 2. The van der Waals surface area contributed by atoms with E-state index in [2.05, 4.69) is 26.2 Å². The van der Waals surface area contributed by atoms with Crippen molar-refractivity contribution in [3.8, 4) is 11.5 Å². The molecule has 3 fully saturated rings. The van der Waals surface area contributed by atoms with E-state index < -0.39 is 98.8 Å².